The van der Waals surface area contributed by atoms with Gasteiger partial charge in [0.15, 0.2) is 0 Å². The van der Waals surface area contributed by atoms with Gasteiger partial charge in [-0.3, -0.25) is 0 Å². The molecule has 1 aliphatic heterocycles. The van der Waals surface area contributed by atoms with Crippen molar-refractivity contribution in [1.82, 2.24) is 5.32 Å². The molecule has 0 aromatic carbocycles. The predicted molar refractivity (Wildman–Crippen MR) is 49.7 cm³/mol. The smallest absolute Gasteiger partial charge is 0.000829 e. The zero-order valence-electron chi connectivity index (χ0n) is 7.95. The zero-order valence-corrected chi connectivity index (χ0v) is 7.95. The molecule has 2 rings (SSSR count). The third-order valence-corrected chi connectivity index (χ3v) is 3.00. The molecule has 1 spiro atoms. The Morgan fingerprint density at radius 3 is 2.09 bits per heavy atom. The Hall–Kier alpha value is -0.0400. The van der Waals surface area contributed by atoms with Crippen LogP contribution in [-0.2, 0) is 0 Å². The second-order valence-electron chi connectivity index (χ2n) is 3.63. The van der Waals surface area contributed by atoms with E-state index in [1.165, 1.54) is 45.2 Å². The second kappa shape index (κ2) is 4.10. The fraction of sp³-hybridized carbons (Fsp3) is 1.00. The summed E-state index contributed by atoms with van der Waals surface area (Å²) in [5.41, 5.74) is 0.778. The monoisotopic (exact) mass is 155 g/mol. The summed E-state index contributed by atoms with van der Waals surface area (Å²) in [5, 5.41) is 3.46. The van der Waals surface area contributed by atoms with E-state index >= 15 is 0 Å². The summed E-state index contributed by atoms with van der Waals surface area (Å²) in [6.07, 6.45) is 7.43. The first-order valence-corrected chi connectivity index (χ1v) is 5.12. The Morgan fingerprint density at radius 1 is 1.00 bits per heavy atom. The van der Waals surface area contributed by atoms with Crippen molar-refractivity contribution < 1.29 is 0 Å². The highest BCUT2D eigenvalue weighted by molar-refractivity contribution is 4.91. The van der Waals surface area contributed by atoms with Gasteiger partial charge in [0, 0.05) is 6.54 Å². The van der Waals surface area contributed by atoms with Gasteiger partial charge in [-0.1, -0.05) is 26.7 Å². The molecule has 1 nitrogen and oxygen atoms in total. The van der Waals surface area contributed by atoms with E-state index < -0.39 is 0 Å². The Bertz CT molecular complexity index is 79.9. The van der Waals surface area contributed by atoms with Crippen LogP contribution >= 0.6 is 0 Å². The molecule has 0 atom stereocenters. The van der Waals surface area contributed by atoms with E-state index in [1.807, 2.05) is 13.8 Å². The van der Waals surface area contributed by atoms with Crippen LogP contribution in [0.1, 0.15) is 46.0 Å². The van der Waals surface area contributed by atoms with Gasteiger partial charge in [-0.25, -0.2) is 0 Å². The van der Waals surface area contributed by atoms with Crippen molar-refractivity contribution in [2.24, 2.45) is 5.41 Å². The standard InChI is InChI=1S/C8H15N.C2H6/c1-2-4-8(3-1)5-6-9-7-8;1-2/h9H,1-7H2;1-2H3. The minimum Gasteiger partial charge on any atom is -0.316 e. The van der Waals surface area contributed by atoms with Crippen LogP contribution in [0.3, 0.4) is 0 Å². The van der Waals surface area contributed by atoms with Crippen LogP contribution in [0.4, 0.5) is 0 Å². The van der Waals surface area contributed by atoms with Crippen molar-refractivity contribution in [3.63, 3.8) is 0 Å². The summed E-state index contributed by atoms with van der Waals surface area (Å²) in [6, 6.07) is 0. The van der Waals surface area contributed by atoms with Gasteiger partial charge in [-0.05, 0) is 31.2 Å². The lowest BCUT2D eigenvalue weighted by atomic mass is 9.86. The molecule has 0 aromatic rings. The molecule has 1 heteroatoms. The zero-order chi connectivity index (χ0) is 8.16. The SMILES string of the molecule is C1CCC2(C1)CCNC2.CC. The van der Waals surface area contributed by atoms with E-state index in [-0.39, 0.29) is 0 Å². The molecule has 0 unspecified atom stereocenters. The maximum atomic E-state index is 3.46. The summed E-state index contributed by atoms with van der Waals surface area (Å²) in [7, 11) is 0. The highest BCUT2D eigenvalue weighted by atomic mass is 14.9. The fourth-order valence-electron chi connectivity index (χ4n) is 2.35. The maximum Gasteiger partial charge on any atom is 0.000829 e. The summed E-state index contributed by atoms with van der Waals surface area (Å²) in [4.78, 5) is 0. The first kappa shape index (κ1) is 9.05. The molecular formula is C10H21N. The van der Waals surface area contributed by atoms with Crippen molar-refractivity contribution in [3.05, 3.63) is 0 Å². The molecule has 1 heterocycles. The highest BCUT2D eigenvalue weighted by Crippen LogP contribution is 2.42. The van der Waals surface area contributed by atoms with Crippen LogP contribution in [0.5, 0.6) is 0 Å². The van der Waals surface area contributed by atoms with E-state index in [1.54, 1.807) is 0 Å². The van der Waals surface area contributed by atoms with Crippen molar-refractivity contribution in [3.8, 4) is 0 Å². The van der Waals surface area contributed by atoms with Crippen molar-refractivity contribution >= 4 is 0 Å². The first-order valence-electron chi connectivity index (χ1n) is 5.12. The third kappa shape index (κ3) is 1.96. The lowest BCUT2D eigenvalue weighted by Gasteiger charge is -2.19. The molecule has 1 saturated carbocycles. The van der Waals surface area contributed by atoms with Gasteiger partial charge >= 0.3 is 0 Å². The van der Waals surface area contributed by atoms with Crippen LogP contribution in [0.15, 0.2) is 0 Å². The number of rotatable bonds is 0. The van der Waals surface area contributed by atoms with Gasteiger partial charge in [-0.15, -0.1) is 0 Å². The summed E-state index contributed by atoms with van der Waals surface area (Å²) in [5.74, 6) is 0. The minimum atomic E-state index is 0.778. The molecular weight excluding hydrogens is 134 g/mol. The lowest BCUT2D eigenvalue weighted by Crippen LogP contribution is -2.19. The van der Waals surface area contributed by atoms with Gasteiger partial charge in [0.2, 0.25) is 0 Å². The van der Waals surface area contributed by atoms with Crippen molar-refractivity contribution in [1.29, 1.82) is 0 Å². The molecule has 0 bridgehead atoms. The average molecular weight is 155 g/mol. The molecule has 66 valence electrons. The van der Waals surface area contributed by atoms with Gasteiger partial charge < -0.3 is 5.32 Å². The minimum absolute atomic E-state index is 0.778. The van der Waals surface area contributed by atoms with Crippen LogP contribution < -0.4 is 5.32 Å². The van der Waals surface area contributed by atoms with E-state index in [9.17, 15) is 0 Å². The topological polar surface area (TPSA) is 12.0 Å². The second-order valence-corrected chi connectivity index (χ2v) is 3.63. The summed E-state index contributed by atoms with van der Waals surface area (Å²) in [6.45, 7) is 6.59. The normalized spacial score (nSPS) is 26.7. The van der Waals surface area contributed by atoms with Gasteiger partial charge in [-0.2, -0.15) is 0 Å². The molecule has 0 amide bonds. The predicted octanol–water partition coefficient (Wildman–Crippen LogP) is 2.57. The number of nitrogens with one attached hydrogen (secondary N) is 1. The number of hydrogen-bond acceptors (Lipinski definition) is 1. The van der Waals surface area contributed by atoms with Crippen LogP contribution in [-0.4, -0.2) is 13.1 Å². The van der Waals surface area contributed by atoms with Crippen molar-refractivity contribution in [2.45, 2.75) is 46.0 Å². The molecule has 11 heavy (non-hydrogen) atoms. The Kier molecular flexibility index (Phi) is 3.38. The summed E-state index contributed by atoms with van der Waals surface area (Å²) < 4.78 is 0. The highest BCUT2D eigenvalue weighted by Gasteiger charge is 2.35. The van der Waals surface area contributed by atoms with E-state index in [2.05, 4.69) is 5.32 Å². The Labute approximate surface area is 70.6 Å². The Balaban J connectivity index is 0.000000281. The largest absolute Gasteiger partial charge is 0.316 e. The van der Waals surface area contributed by atoms with Crippen LogP contribution in [0.2, 0.25) is 0 Å². The van der Waals surface area contributed by atoms with Crippen LogP contribution in [0.25, 0.3) is 0 Å². The quantitative estimate of drug-likeness (QED) is 0.567. The van der Waals surface area contributed by atoms with Gasteiger partial charge in [0.25, 0.3) is 0 Å². The fourth-order valence-corrected chi connectivity index (χ4v) is 2.35. The average Bonchev–Trinajstić information content (AvgIpc) is 2.69. The van der Waals surface area contributed by atoms with E-state index in [4.69, 9.17) is 0 Å². The molecule has 1 aliphatic carbocycles. The first-order chi connectivity index (χ1) is 5.41. The number of hydrogen-bond donors (Lipinski definition) is 1. The molecule has 1 saturated heterocycles. The van der Waals surface area contributed by atoms with Gasteiger partial charge in [0.05, 0.1) is 0 Å². The summed E-state index contributed by atoms with van der Waals surface area (Å²) >= 11 is 0. The third-order valence-electron chi connectivity index (χ3n) is 3.00. The van der Waals surface area contributed by atoms with Crippen LogP contribution in [0, 0.1) is 5.41 Å². The molecule has 2 fully saturated rings. The molecule has 0 radical (unpaired) electrons. The van der Waals surface area contributed by atoms with Crippen molar-refractivity contribution in [2.75, 3.05) is 13.1 Å². The maximum absolute atomic E-state index is 3.46. The molecule has 0 aromatic heterocycles. The molecule has 2 aliphatic rings. The van der Waals surface area contributed by atoms with E-state index in [0.717, 1.165) is 5.41 Å². The Morgan fingerprint density at radius 2 is 1.64 bits per heavy atom. The van der Waals surface area contributed by atoms with Gasteiger partial charge in [0.1, 0.15) is 0 Å². The lowest BCUT2D eigenvalue weighted by molar-refractivity contribution is 0.336. The van der Waals surface area contributed by atoms with E-state index in [0.29, 0.717) is 0 Å². The molecule has 1 N–H and O–H groups in total.